The van der Waals surface area contributed by atoms with Gasteiger partial charge in [-0.05, 0) is 49.1 Å². The molecule has 2 unspecified atom stereocenters. The lowest BCUT2D eigenvalue weighted by Crippen LogP contribution is -2.28. The van der Waals surface area contributed by atoms with Crippen molar-refractivity contribution < 1.29 is 14.0 Å². The number of hydrogen-bond donors (Lipinski definition) is 1. The Hall–Kier alpha value is -2.56. The molecule has 0 radical (unpaired) electrons. The van der Waals surface area contributed by atoms with Crippen LogP contribution < -0.4 is 5.32 Å². The highest BCUT2D eigenvalue weighted by atomic mass is 16.3. The van der Waals surface area contributed by atoms with Gasteiger partial charge in [-0.25, -0.2) is 0 Å². The molecule has 2 heterocycles. The number of benzene rings is 1. The molecule has 5 nitrogen and oxygen atoms in total. The maximum atomic E-state index is 12.5. The molecule has 2 fully saturated rings. The number of rotatable bonds is 5. The van der Waals surface area contributed by atoms with Gasteiger partial charge in [-0.2, -0.15) is 0 Å². The summed E-state index contributed by atoms with van der Waals surface area (Å²) in [6.45, 7) is 2.13. The highest BCUT2D eigenvalue weighted by Crippen LogP contribution is 2.47. The fraction of sp³-hybridized carbons (Fsp3) is 0.400. The summed E-state index contributed by atoms with van der Waals surface area (Å²) in [6.07, 6.45) is 4.65. The fourth-order valence-electron chi connectivity index (χ4n) is 3.54. The topological polar surface area (TPSA) is 62.6 Å². The molecule has 2 aliphatic rings. The number of likely N-dealkylation sites (tertiary alicyclic amines) is 1. The number of nitrogens with zero attached hydrogens (tertiary/aromatic N) is 1. The van der Waals surface area contributed by atoms with Crippen LogP contribution in [0, 0.1) is 5.92 Å². The number of carbonyl (C=O) groups is 2. The molecule has 2 atom stereocenters. The van der Waals surface area contributed by atoms with Crippen LogP contribution in [0.25, 0.3) is 0 Å². The molecule has 1 aromatic carbocycles. The molecule has 25 heavy (non-hydrogen) atoms. The van der Waals surface area contributed by atoms with Gasteiger partial charge in [-0.15, -0.1) is 0 Å². The van der Waals surface area contributed by atoms with E-state index in [2.05, 4.69) is 5.32 Å². The van der Waals surface area contributed by atoms with E-state index in [4.69, 9.17) is 4.42 Å². The molecule has 2 aromatic rings. The van der Waals surface area contributed by atoms with Gasteiger partial charge in [0, 0.05) is 37.0 Å². The molecule has 1 aromatic heterocycles. The van der Waals surface area contributed by atoms with E-state index >= 15 is 0 Å². The minimum atomic E-state index is 0.000523. The molecule has 4 rings (SSSR count). The summed E-state index contributed by atoms with van der Waals surface area (Å²) >= 11 is 0. The predicted octanol–water partition coefficient (Wildman–Crippen LogP) is 2.94. The molecular weight excluding hydrogens is 316 g/mol. The van der Waals surface area contributed by atoms with Crippen molar-refractivity contribution in [3.8, 4) is 0 Å². The van der Waals surface area contributed by atoms with Gasteiger partial charge < -0.3 is 14.6 Å². The third-order valence-corrected chi connectivity index (χ3v) is 5.07. The van der Waals surface area contributed by atoms with E-state index in [1.807, 2.05) is 41.3 Å². The van der Waals surface area contributed by atoms with Gasteiger partial charge in [0.25, 0.3) is 5.91 Å². The predicted molar refractivity (Wildman–Crippen MR) is 93.0 cm³/mol. The zero-order valence-electron chi connectivity index (χ0n) is 14.1. The quantitative estimate of drug-likeness (QED) is 0.912. The van der Waals surface area contributed by atoms with E-state index in [0.717, 1.165) is 43.7 Å². The van der Waals surface area contributed by atoms with Crippen molar-refractivity contribution in [2.24, 2.45) is 5.92 Å². The molecule has 2 amide bonds. The van der Waals surface area contributed by atoms with Gasteiger partial charge in [0.2, 0.25) is 5.91 Å². The van der Waals surface area contributed by atoms with Crippen molar-refractivity contribution >= 4 is 11.8 Å². The third-order valence-electron chi connectivity index (χ3n) is 5.07. The Morgan fingerprint density at radius 2 is 2.00 bits per heavy atom. The molecule has 0 spiro atoms. The van der Waals surface area contributed by atoms with Gasteiger partial charge in [0.05, 0.1) is 6.26 Å². The van der Waals surface area contributed by atoms with E-state index < -0.39 is 0 Å². The number of nitrogens with one attached hydrogen (secondary N) is 1. The summed E-state index contributed by atoms with van der Waals surface area (Å²) in [5.41, 5.74) is 1.65. The molecule has 1 aliphatic heterocycles. The second-order valence-electron chi connectivity index (χ2n) is 6.88. The Bertz CT molecular complexity index is 763. The van der Waals surface area contributed by atoms with Crippen LogP contribution >= 0.6 is 0 Å². The first-order valence-corrected chi connectivity index (χ1v) is 8.92. The minimum Gasteiger partial charge on any atom is -0.469 e. The van der Waals surface area contributed by atoms with E-state index in [0.29, 0.717) is 12.1 Å². The molecule has 0 bridgehead atoms. The Kier molecular flexibility index (Phi) is 4.30. The van der Waals surface area contributed by atoms with Crippen LogP contribution in [-0.4, -0.2) is 29.8 Å². The minimum absolute atomic E-state index is 0.000523. The Morgan fingerprint density at radius 1 is 1.16 bits per heavy atom. The first-order chi connectivity index (χ1) is 12.2. The maximum absolute atomic E-state index is 12.5. The SMILES string of the molecule is O=C(NCc1cccc(C(=O)N2CCCC2)c1)C1CC1c1ccco1. The van der Waals surface area contributed by atoms with Crippen LogP contribution in [0.3, 0.4) is 0 Å². The summed E-state index contributed by atoms with van der Waals surface area (Å²) < 4.78 is 5.37. The zero-order valence-corrected chi connectivity index (χ0v) is 14.1. The zero-order chi connectivity index (χ0) is 17.2. The Morgan fingerprint density at radius 3 is 2.76 bits per heavy atom. The van der Waals surface area contributed by atoms with Gasteiger partial charge in [0.15, 0.2) is 0 Å². The molecule has 1 saturated heterocycles. The monoisotopic (exact) mass is 338 g/mol. The lowest BCUT2D eigenvalue weighted by molar-refractivity contribution is -0.122. The standard InChI is InChI=1S/C20H22N2O3/c23-19(17-12-16(17)18-7-4-10-25-18)21-13-14-5-3-6-15(11-14)20(24)22-8-1-2-9-22/h3-7,10-11,16-17H,1-2,8-9,12-13H2,(H,21,23). The number of hydrogen-bond acceptors (Lipinski definition) is 3. The van der Waals surface area contributed by atoms with Gasteiger partial charge in [-0.3, -0.25) is 9.59 Å². The van der Waals surface area contributed by atoms with Crippen molar-refractivity contribution in [1.82, 2.24) is 10.2 Å². The van der Waals surface area contributed by atoms with Crippen LogP contribution in [0.15, 0.2) is 47.1 Å². The van der Waals surface area contributed by atoms with Crippen LogP contribution in [0.2, 0.25) is 0 Å². The molecule has 1 N–H and O–H groups in total. The highest BCUT2D eigenvalue weighted by molar-refractivity contribution is 5.94. The van der Waals surface area contributed by atoms with E-state index in [1.54, 1.807) is 6.26 Å². The van der Waals surface area contributed by atoms with E-state index in [-0.39, 0.29) is 23.7 Å². The summed E-state index contributed by atoms with van der Waals surface area (Å²) in [6, 6.07) is 11.3. The normalized spacial score (nSPS) is 22.0. The molecule has 130 valence electrons. The molecule has 5 heteroatoms. The van der Waals surface area contributed by atoms with Crippen molar-refractivity contribution in [2.75, 3.05) is 13.1 Å². The Labute approximate surface area is 147 Å². The lowest BCUT2D eigenvalue weighted by atomic mass is 10.1. The van der Waals surface area contributed by atoms with E-state index in [1.165, 1.54) is 0 Å². The average Bonchev–Trinajstić information content (AvgIpc) is 3.07. The first-order valence-electron chi connectivity index (χ1n) is 8.92. The average molecular weight is 338 g/mol. The van der Waals surface area contributed by atoms with Crippen LogP contribution in [0.4, 0.5) is 0 Å². The van der Waals surface area contributed by atoms with Crippen molar-refractivity contribution in [3.05, 3.63) is 59.5 Å². The third kappa shape index (κ3) is 3.45. The van der Waals surface area contributed by atoms with Crippen molar-refractivity contribution in [2.45, 2.75) is 31.7 Å². The number of amides is 2. The summed E-state index contributed by atoms with van der Waals surface area (Å²) in [4.78, 5) is 26.6. The van der Waals surface area contributed by atoms with Crippen molar-refractivity contribution in [1.29, 1.82) is 0 Å². The summed E-state index contributed by atoms with van der Waals surface area (Å²) in [5, 5.41) is 2.98. The second-order valence-corrected chi connectivity index (χ2v) is 6.88. The lowest BCUT2D eigenvalue weighted by Gasteiger charge is -2.15. The molecular formula is C20H22N2O3. The van der Waals surface area contributed by atoms with Gasteiger partial charge in [0.1, 0.15) is 5.76 Å². The van der Waals surface area contributed by atoms with Gasteiger partial charge >= 0.3 is 0 Å². The van der Waals surface area contributed by atoms with Gasteiger partial charge in [-0.1, -0.05) is 12.1 Å². The van der Waals surface area contributed by atoms with Crippen molar-refractivity contribution in [3.63, 3.8) is 0 Å². The largest absolute Gasteiger partial charge is 0.469 e. The molecule has 1 saturated carbocycles. The highest BCUT2D eigenvalue weighted by Gasteiger charge is 2.45. The maximum Gasteiger partial charge on any atom is 0.253 e. The first kappa shape index (κ1) is 15.9. The smallest absolute Gasteiger partial charge is 0.253 e. The van der Waals surface area contributed by atoms with Crippen LogP contribution in [0.1, 0.15) is 46.9 Å². The summed E-state index contributed by atoms with van der Waals surface area (Å²) in [7, 11) is 0. The van der Waals surface area contributed by atoms with Crippen LogP contribution in [0.5, 0.6) is 0 Å². The Balaban J connectivity index is 1.33. The summed E-state index contributed by atoms with van der Waals surface area (Å²) in [5.74, 6) is 1.24. The second kappa shape index (κ2) is 6.75. The van der Waals surface area contributed by atoms with E-state index in [9.17, 15) is 9.59 Å². The van der Waals surface area contributed by atoms with Crippen LogP contribution in [-0.2, 0) is 11.3 Å². The number of furan rings is 1. The number of carbonyl (C=O) groups excluding carboxylic acids is 2. The fourth-order valence-corrected chi connectivity index (χ4v) is 3.54. The molecule has 1 aliphatic carbocycles.